The van der Waals surface area contributed by atoms with E-state index < -0.39 is 0 Å². The van der Waals surface area contributed by atoms with E-state index in [1.807, 2.05) is 37.4 Å². The number of hydrogen-bond donors (Lipinski definition) is 1. The SMILES string of the molecule is CCCC(C)(CCOc1ccccc1)CNC. The van der Waals surface area contributed by atoms with E-state index in [1.165, 1.54) is 12.8 Å². The van der Waals surface area contributed by atoms with E-state index in [9.17, 15) is 0 Å². The molecule has 0 aromatic heterocycles. The molecule has 1 aromatic carbocycles. The zero-order chi connectivity index (χ0) is 12.6. The van der Waals surface area contributed by atoms with Crippen LogP contribution in [0.25, 0.3) is 0 Å². The van der Waals surface area contributed by atoms with Crippen molar-refractivity contribution < 1.29 is 4.74 Å². The summed E-state index contributed by atoms with van der Waals surface area (Å²) < 4.78 is 5.77. The van der Waals surface area contributed by atoms with E-state index in [0.717, 1.165) is 25.3 Å². The second-order valence-corrected chi connectivity index (χ2v) is 5.00. The minimum Gasteiger partial charge on any atom is -0.494 e. The van der Waals surface area contributed by atoms with Gasteiger partial charge in [0, 0.05) is 6.54 Å². The molecule has 96 valence electrons. The van der Waals surface area contributed by atoms with Crippen LogP contribution < -0.4 is 10.1 Å². The van der Waals surface area contributed by atoms with Crippen LogP contribution in [0.5, 0.6) is 5.75 Å². The van der Waals surface area contributed by atoms with Crippen LogP contribution in [0.15, 0.2) is 30.3 Å². The third-order valence-corrected chi connectivity index (χ3v) is 3.17. The molecule has 0 saturated carbocycles. The van der Waals surface area contributed by atoms with Crippen molar-refractivity contribution in [2.45, 2.75) is 33.1 Å². The molecule has 0 radical (unpaired) electrons. The summed E-state index contributed by atoms with van der Waals surface area (Å²) in [5.41, 5.74) is 0.346. The molecule has 0 heterocycles. The molecule has 0 amide bonds. The predicted molar refractivity (Wildman–Crippen MR) is 73.5 cm³/mol. The summed E-state index contributed by atoms with van der Waals surface area (Å²) in [6.07, 6.45) is 3.56. The summed E-state index contributed by atoms with van der Waals surface area (Å²) in [6.45, 7) is 6.43. The smallest absolute Gasteiger partial charge is 0.119 e. The lowest BCUT2D eigenvalue weighted by Crippen LogP contribution is -2.31. The highest BCUT2D eigenvalue weighted by molar-refractivity contribution is 5.20. The first-order valence-electron chi connectivity index (χ1n) is 6.52. The molecular formula is C15H25NO. The number of para-hydroxylation sites is 1. The van der Waals surface area contributed by atoms with Crippen LogP contribution in [0.1, 0.15) is 33.1 Å². The molecule has 0 fully saturated rings. The molecule has 0 aliphatic rings. The predicted octanol–water partition coefficient (Wildman–Crippen LogP) is 3.48. The Morgan fingerprint density at radius 1 is 1.18 bits per heavy atom. The maximum absolute atomic E-state index is 5.77. The average Bonchev–Trinajstić information content (AvgIpc) is 2.31. The summed E-state index contributed by atoms with van der Waals surface area (Å²) in [5.74, 6) is 0.968. The number of rotatable bonds is 8. The van der Waals surface area contributed by atoms with E-state index in [-0.39, 0.29) is 0 Å². The fourth-order valence-electron chi connectivity index (χ4n) is 2.26. The van der Waals surface area contributed by atoms with Crippen molar-refractivity contribution in [3.63, 3.8) is 0 Å². The van der Waals surface area contributed by atoms with Gasteiger partial charge in [0.1, 0.15) is 5.75 Å². The largest absolute Gasteiger partial charge is 0.494 e. The summed E-state index contributed by atoms with van der Waals surface area (Å²) in [7, 11) is 2.02. The number of ether oxygens (including phenoxy) is 1. The zero-order valence-corrected chi connectivity index (χ0v) is 11.3. The molecular weight excluding hydrogens is 210 g/mol. The van der Waals surface area contributed by atoms with E-state index in [2.05, 4.69) is 19.2 Å². The number of nitrogens with one attached hydrogen (secondary N) is 1. The monoisotopic (exact) mass is 235 g/mol. The normalized spacial score (nSPS) is 14.3. The lowest BCUT2D eigenvalue weighted by molar-refractivity contribution is 0.196. The molecule has 2 heteroatoms. The summed E-state index contributed by atoms with van der Waals surface area (Å²) in [6, 6.07) is 10.0. The van der Waals surface area contributed by atoms with Crippen LogP contribution in [0.3, 0.4) is 0 Å². The third kappa shape index (κ3) is 5.22. The Morgan fingerprint density at radius 2 is 1.88 bits per heavy atom. The van der Waals surface area contributed by atoms with Crippen LogP contribution >= 0.6 is 0 Å². The fourth-order valence-corrected chi connectivity index (χ4v) is 2.26. The van der Waals surface area contributed by atoms with Gasteiger partial charge in [0.05, 0.1) is 6.61 Å². The van der Waals surface area contributed by atoms with Gasteiger partial charge in [0.2, 0.25) is 0 Å². The molecule has 1 aromatic rings. The molecule has 1 unspecified atom stereocenters. The van der Waals surface area contributed by atoms with Gasteiger partial charge in [-0.2, -0.15) is 0 Å². The second-order valence-electron chi connectivity index (χ2n) is 5.00. The van der Waals surface area contributed by atoms with Gasteiger partial charge in [-0.15, -0.1) is 0 Å². The zero-order valence-electron chi connectivity index (χ0n) is 11.3. The van der Waals surface area contributed by atoms with Gasteiger partial charge >= 0.3 is 0 Å². The van der Waals surface area contributed by atoms with E-state index in [0.29, 0.717) is 5.41 Å². The van der Waals surface area contributed by atoms with Crippen LogP contribution in [0, 0.1) is 5.41 Å². The third-order valence-electron chi connectivity index (χ3n) is 3.17. The lowest BCUT2D eigenvalue weighted by Gasteiger charge is -2.29. The van der Waals surface area contributed by atoms with Crippen LogP contribution in [0.4, 0.5) is 0 Å². The van der Waals surface area contributed by atoms with Crippen molar-refractivity contribution in [3.05, 3.63) is 30.3 Å². The van der Waals surface area contributed by atoms with Crippen molar-refractivity contribution in [1.29, 1.82) is 0 Å². The first-order chi connectivity index (χ1) is 8.20. The maximum atomic E-state index is 5.77. The molecule has 1 rings (SSSR count). The Labute approximate surface area is 105 Å². The van der Waals surface area contributed by atoms with Gasteiger partial charge in [-0.1, -0.05) is 38.5 Å². The van der Waals surface area contributed by atoms with E-state index in [1.54, 1.807) is 0 Å². The van der Waals surface area contributed by atoms with Crippen molar-refractivity contribution in [1.82, 2.24) is 5.32 Å². The van der Waals surface area contributed by atoms with Crippen molar-refractivity contribution >= 4 is 0 Å². The Balaban J connectivity index is 2.37. The topological polar surface area (TPSA) is 21.3 Å². The molecule has 17 heavy (non-hydrogen) atoms. The molecule has 0 spiro atoms. The van der Waals surface area contributed by atoms with Crippen LogP contribution in [-0.4, -0.2) is 20.2 Å². The highest BCUT2D eigenvalue weighted by Crippen LogP contribution is 2.27. The summed E-state index contributed by atoms with van der Waals surface area (Å²) in [4.78, 5) is 0. The minimum atomic E-state index is 0.346. The second kappa shape index (κ2) is 7.33. The number of hydrogen-bond acceptors (Lipinski definition) is 2. The van der Waals surface area contributed by atoms with Gasteiger partial charge in [-0.3, -0.25) is 0 Å². The maximum Gasteiger partial charge on any atom is 0.119 e. The highest BCUT2D eigenvalue weighted by atomic mass is 16.5. The van der Waals surface area contributed by atoms with Crippen LogP contribution in [0.2, 0.25) is 0 Å². The Morgan fingerprint density at radius 3 is 2.47 bits per heavy atom. The quantitative estimate of drug-likeness (QED) is 0.745. The highest BCUT2D eigenvalue weighted by Gasteiger charge is 2.22. The van der Waals surface area contributed by atoms with E-state index >= 15 is 0 Å². The van der Waals surface area contributed by atoms with E-state index in [4.69, 9.17) is 4.74 Å². The minimum absolute atomic E-state index is 0.346. The first-order valence-corrected chi connectivity index (χ1v) is 6.52. The van der Waals surface area contributed by atoms with Gasteiger partial charge in [-0.25, -0.2) is 0 Å². The van der Waals surface area contributed by atoms with Crippen molar-refractivity contribution in [3.8, 4) is 5.75 Å². The molecule has 1 N–H and O–H groups in total. The van der Waals surface area contributed by atoms with Crippen LogP contribution in [-0.2, 0) is 0 Å². The Hall–Kier alpha value is -1.02. The van der Waals surface area contributed by atoms with Crippen molar-refractivity contribution in [2.75, 3.05) is 20.2 Å². The molecule has 0 aliphatic heterocycles. The number of benzene rings is 1. The van der Waals surface area contributed by atoms with Crippen molar-refractivity contribution in [2.24, 2.45) is 5.41 Å². The molecule has 2 nitrogen and oxygen atoms in total. The molecule has 1 atom stereocenters. The molecule has 0 aliphatic carbocycles. The Bertz CT molecular complexity index is 291. The van der Waals surface area contributed by atoms with Gasteiger partial charge in [0.15, 0.2) is 0 Å². The van der Waals surface area contributed by atoms with Gasteiger partial charge in [-0.05, 0) is 37.4 Å². The summed E-state index contributed by atoms with van der Waals surface area (Å²) >= 11 is 0. The van der Waals surface area contributed by atoms with Gasteiger partial charge < -0.3 is 10.1 Å². The fraction of sp³-hybridized carbons (Fsp3) is 0.600. The molecule has 0 bridgehead atoms. The lowest BCUT2D eigenvalue weighted by atomic mass is 9.82. The summed E-state index contributed by atoms with van der Waals surface area (Å²) in [5, 5.41) is 3.29. The first kappa shape index (κ1) is 14.0. The van der Waals surface area contributed by atoms with Gasteiger partial charge in [0.25, 0.3) is 0 Å². The average molecular weight is 235 g/mol. The molecule has 0 saturated heterocycles. The Kier molecular flexibility index (Phi) is 6.06. The standard InChI is InChI=1S/C15H25NO/c1-4-10-15(2,13-16-3)11-12-17-14-8-6-5-7-9-14/h5-9,16H,4,10-13H2,1-3H3.